The molecule has 2 aromatic heterocycles. The molecule has 7 heteroatoms. The molecule has 0 fully saturated rings. The monoisotopic (exact) mass is 195 g/mol. The molecule has 72 valence electrons. The zero-order valence-corrected chi connectivity index (χ0v) is 7.21. The van der Waals surface area contributed by atoms with Crippen molar-refractivity contribution in [2.45, 2.75) is 6.92 Å². The number of imidazole rings is 1. The molecule has 0 spiro atoms. The highest BCUT2D eigenvalue weighted by Gasteiger charge is 2.09. The van der Waals surface area contributed by atoms with Crippen LogP contribution in [0.25, 0.3) is 11.2 Å². The van der Waals surface area contributed by atoms with Crippen LogP contribution in [0.1, 0.15) is 6.92 Å². The lowest BCUT2D eigenvalue weighted by Gasteiger charge is -2.00. The van der Waals surface area contributed by atoms with E-state index in [2.05, 4.69) is 25.3 Å². The minimum Gasteiger partial charge on any atom is -0.340 e. The molecule has 0 atom stereocenters. The van der Waals surface area contributed by atoms with E-state index in [0.29, 0.717) is 5.52 Å². The standard InChI is InChI=1S/C7H6FN5O/c1-3(14)11-6-4-5(10-2-9-4)12-7(8)13-6/h2H,1H3,(H2,9,10,11,12,13,14). The largest absolute Gasteiger partial charge is 0.340 e. The van der Waals surface area contributed by atoms with Crippen molar-refractivity contribution in [2.24, 2.45) is 0 Å². The summed E-state index contributed by atoms with van der Waals surface area (Å²) in [5.74, 6) is -0.239. The second-order valence-electron chi connectivity index (χ2n) is 2.62. The van der Waals surface area contributed by atoms with Crippen LogP contribution in [0.3, 0.4) is 0 Å². The van der Waals surface area contributed by atoms with Crippen molar-refractivity contribution in [3.8, 4) is 0 Å². The van der Waals surface area contributed by atoms with Crippen LogP contribution in [0.15, 0.2) is 6.33 Å². The molecule has 0 bridgehead atoms. The van der Waals surface area contributed by atoms with Crippen molar-refractivity contribution in [3.63, 3.8) is 0 Å². The number of carbonyl (C=O) groups is 1. The second kappa shape index (κ2) is 3.02. The van der Waals surface area contributed by atoms with E-state index >= 15 is 0 Å². The highest BCUT2D eigenvalue weighted by atomic mass is 19.1. The van der Waals surface area contributed by atoms with E-state index in [0.717, 1.165) is 0 Å². The Labute approximate surface area is 77.6 Å². The number of H-pyrrole nitrogens is 1. The number of aromatic nitrogens is 4. The third-order valence-electron chi connectivity index (χ3n) is 1.55. The highest BCUT2D eigenvalue weighted by molar-refractivity contribution is 5.95. The van der Waals surface area contributed by atoms with Gasteiger partial charge >= 0.3 is 6.08 Å². The minimum absolute atomic E-state index is 0.0949. The lowest BCUT2D eigenvalue weighted by atomic mass is 10.5. The molecule has 2 N–H and O–H groups in total. The first-order valence-electron chi connectivity index (χ1n) is 3.81. The maximum absolute atomic E-state index is 12.8. The van der Waals surface area contributed by atoms with Gasteiger partial charge in [-0.1, -0.05) is 0 Å². The lowest BCUT2D eigenvalue weighted by molar-refractivity contribution is -0.114. The number of nitrogens with zero attached hydrogens (tertiary/aromatic N) is 3. The summed E-state index contributed by atoms with van der Waals surface area (Å²) in [5.41, 5.74) is 0.586. The zero-order valence-electron chi connectivity index (χ0n) is 7.21. The van der Waals surface area contributed by atoms with Gasteiger partial charge in [-0.25, -0.2) is 4.98 Å². The maximum Gasteiger partial charge on any atom is 0.312 e. The number of hydrogen-bond donors (Lipinski definition) is 2. The van der Waals surface area contributed by atoms with E-state index in [1.165, 1.54) is 13.3 Å². The average molecular weight is 195 g/mol. The quantitative estimate of drug-likeness (QED) is 0.647. The molecule has 14 heavy (non-hydrogen) atoms. The van der Waals surface area contributed by atoms with Crippen molar-refractivity contribution in [1.82, 2.24) is 19.9 Å². The molecule has 2 heterocycles. The first-order valence-corrected chi connectivity index (χ1v) is 3.81. The average Bonchev–Trinajstić information content (AvgIpc) is 2.50. The fraction of sp³-hybridized carbons (Fsp3) is 0.143. The van der Waals surface area contributed by atoms with Gasteiger partial charge in [0.05, 0.1) is 6.33 Å². The summed E-state index contributed by atoms with van der Waals surface area (Å²) in [6.45, 7) is 1.31. The molecular weight excluding hydrogens is 189 g/mol. The Balaban J connectivity index is 2.60. The van der Waals surface area contributed by atoms with Crippen molar-refractivity contribution < 1.29 is 9.18 Å². The predicted molar refractivity (Wildman–Crippen MR) is 45.9 cm³/mol. The van der Waals surface area contributed by atoms with Gasteiger partial charge in [-0.05, 0) is 0 Å². The topological polar surface area (TPSA) is 83.6 Å². The van der Waals surface area contributed by atoms with E-state index in [9.17, 15) is 9.18 Å². The van der Waals surface area contributed by atoms with E-state index in [4.69, 9.17) is 0 Å². The van der Waals surface area contributed by atoms with Crippen LogP contribution in [0.2, 0.25) is 0 Å². The molecule has 0 unspecified atom stereocenters. The van der Waals surface area contributed by atoms with Gasteiger partial charge in [0.2, 0.25) is 5.91 Å². The SMILES string of the molecule is CC(=O)Nc1nc(F)nc2nc[nH]c12. The van der Waals surface area contributed by atoms with E-state index < -0.39 is 6.08 Å². The fourth-order valence-corrected chi connectivity index (χ4v) is 1.06. The summed E-state index contributed by atoms with van der Waals surface area (Å²) < 4.78 is 12.8. The molecule has 0 saturated carbocycles. The van der Waals surface area contributed by atoms with Crippen LogP contribution in [0.5, 0.6) is 0 Å². The predicted octanol–water partition coefficient (Wildman–Crippen LogP) is 0.450. The van der Waals surface area contributed by atoms with Gasteiger partial charge < -0.3 is 10.3 Å². The molecule has 2 rings (SSSR count). The Morgan fingerprint density at radius 3 is 3.07 bits per heavy atom. The molecule has 0 aliphatic rings. The van der Waals surface area contributed by atoms with Crippen LogP contribution < -0.4 is 5.32 Å². The number of amides is 1. The van der Waals surface area contributed by atoms with Gasteiger partial charge in [-0.15, -0.1) is 0 Å². The Kier molecular flexibility index (Phi) is 1.84. The summed E-state index contributed by atoms with van der Waals surface area (Å²) in [6, 6.07) is 0. The van der Waals surface area contributed by atoms with E-state index in [1.54, 1.807) is 0 Å². The van der Waals surface area contributed by atoms with Crippen molar-refractivity contribution in [3.05, 3.63) is 12.4 Å². The maximum atomic E-state index is 12.8. The number of hydrogen-bond acceptors (Lipinski definition) is 4. The molecular formula is C7H6FN5O. The summed E-state index contributed by atoms with van der Waals surface area (Å²) in [7, 11) is 0. The number of fused-ring (bicyclic) bond motifs is 1. The zero-order chi connectivity index (χ0) is 10.1. The molecule has 0 aromatic carbocycles. The van der Waals surface area contributed by atoms with Crippen LogP contribution >= 0.6 is 0 Å². The number of carbonyl (C=O) groups excluding carboxylic acids is 1. The van der Waals surface area contributed by atoms with Crippen molar-refractivity contribution >= 4 is 22.9 Å². The fourth-order valence-electron chi connectivity index (χ4n) is 1.06. The lowest BCUT2D eigenvalue weighted by Crippen LogP contribution is -2.09. The van der Waals surface area contributed by atoms with Gasteiger partial charge in [0.1, 0.15) is 5.52 Å². The van der Waals surface area contributed by atoms with Crippen LogP contribution in [0.4, 0.5) is 10.2 Å². The van der Waals surface area contributed by atoms with E-state index in [1.807, 2.05) is 0 Å². The Hall–Kier alpha value is -2.05. The van der Waals surface area contributed by atoms with E-state index in [-0.39, 0.29) is 17.4 Å². The third-order valence-corrected chi connectivity index (χ3v) is 1.55. The minimum atomic E-state index is -0.923. The Morgan fingerprint density at radius 2 is 2.36 bits per heavy atom. The smallest absolute Gasteiger partial charge is 0.312 e. The van der Waals surface area contributed by atoms with Crippen molar-refractivity contribution in [1.29, 1.82) is 0 Å². The van der Waals surface area contributed by atoms with Crippen LogP contribution in [-0.4, -0.2) is 25.8 Å². The van der Waals surface area contributed by atoms with Gasteiger partial charge in [0.25, 0.3) is 0 Å². The van der Waals surface area contributed by atoms with Crippen LogP contribution in [-0.2, 0) is 4.79 Å². The number of rotatable bonds is 1. The highest BCUT2D eigenvalue weighted by Crippen LogP contribution is 2.15. The molecule has 0 saturated heterocycles. The van der Waals surface area contributed by atoms with Crippen molar-refractivity contribution in [2.75, 3.05) is 5.32 Å². The molecule has 1 amide bonds. The molecule has 0 radical (unpaired) electrons. The summed E-state index contributed by atoms with van der Waals surface area (Å²) in [4.78, 5) is 24.1. The Bertz CT molecular complexity index is 494. The number of aromatic amines is 1. The number of anilines is 1. The molecule has 0 aliphatic heterocycles. The normalized spacial score (nSPS) is 10.4. The number of halogens is 1. The van der Waals surface area contributed by atoms with Gasteiger partial charge in [0, 0.05) is 6.92 Å². The van der Waals surface area contributed by atoms with Crippen LogP contribution in [0, 0.1) is 6.08 Å². The third kappa shape index (κ3) is 1.39. The summed E-state index contributed by atoms with van der Waals surface area (Å²) in [6.07, 6.45) is 0.428. The Morgan fingerprint density at radius 1 is 1.57 bits per heavy atom. The first-order chi connectivity index (χ1) is 6.66. The molecule has 0 aliphatic carbocycles. The number of nitrogens with one attached hydrogen (secondary N) is 2. The van der Waals surface area contributed by atoms with Gasteiger partial charge in [-0.2, -0.15) is 14.4 Å². The van der Waals surface area contributed by atoms with Gasteiger partial charge in [0.15, 0.2) is 11.5 Å². The summed E-state index contributed by atoms with van der Waals surface area (Å²) >= 11 is 0. The summed E-state index contributed by atoms with van der Waals surface area (Å²) in [5, 5.41) is 2.37. The molecule has 6 nitrogen and oxygen atoms in total. The first kappa shape index (κ1) is 8.54. The molecule has 2 aromatic rings. The second-order valence-corrected chi connectivity index (χ2v) is 2.62. The van der Waals surface area contributed by atoms with Gasteiger partial charge in [-0.3, -0.25) is 4.79 Å².